The third kappa shape index (κ3) is 2.68. The van der Waals surface area contributed by atoms with Crippen LogP contribution in [0.3, 0.4) is 0 Å². The fraction of sp³-hybridized carbons (Fsp3) is 0.385. The second kappa shape index (κ2) is 5.27. The summed E-state index contributed by atoms with van der Waals surface area (Å²) in [6, 6.07) is 5.42. The molecule has 0 spiro atoms. The zero-order valence-electron chi connectivity index (χ0n) is 11.1. The lowest BCUT2D eigenvalue weighted by atomic mass is 10.1. The fourth-order valence-electron chi connectivity index (χ4n) is 2.06. The highest BCUT2D eigenvalue weighted by Gasteiger charge is 2.26. The van der Waals surface area contributed by atoms with E-state index in [1.807, 2.05) is 13.0 Å². The fourth-order valence-corrected chi connectivity index (χ4v) is 2.06. The number of nitrogens with two attached hydrogens (primary N) is 1. The number of piperazine rings is 1. The number of aryl methyl sites for hydroxylation is 1. The van der Waals surface area contributed by atoms with E-state index in [9.17, 15) is 9.59 Å². The first-order chi connectivity index (χ1) is 9.02. The Balaban J connectivity index is 2.24. The highest BCUT2D eigenvalue weighted by atomic mass is 16.2. The van der Waals surface area contributed by atoms with Crippen molar-refractivity contribution in [2.24, 2.45) is 5.84 Å². The minimum Gasteiger partial charge on any atom is -0.342 e. The SMILES string of the molecule is Cc1ccc(NN)c(C(=O)N2CCN(C)C(=O)C2)c1. The molecule has 1 aromatic carbocycles. The van der Waals surface area contributed by atoms with Crippen molar-refractivity contribution in [2.75, 3.05) is 32.1 Å². The van der Waals surface area contributed by atoms with Gasteiger partial charge in [0.15, 0.2) is 0 Å². The first kappa shape index (κ1) is 13.4. The summed E-state index contributed by atoms with van der Waals surface area (Å²) in [6.07, 6.45) is 0. The molecule has 102 valence electrons. The molecule has 1 aliphatic heterocycles. The van der Waals surface area contributed by atoms with Crippen LogP contribution in [0.4, 0.5) is 5.69 Å². The van der Waals surface area contributed by atoms with E-state index < -0.39 is 0 Å². The van der Waals surface area contributed by atoms with Crippen molar-refractivity contribution in [3.8, 4) is 0 Å². The number of carbonyl (C=O) groups excluding carboxylic acids is 2. The number of hydrogen-bond donors (Lipinski definition) is 2. The number of hydrazine groups is 1. The van der Waals surface area contributed by atoms with Crippen molar-refractivity contribution in [3.63, 3.8) is 0 Å². The number of nitrogens with one attached hydrogen (secondary N) is 1. The van der Waals surface area contributed by atoms with Crippen molar-refractivity contribution >= 4 is 17.5 Å². The molecule has 0 bridgehead atoms. The third-order valence-electron chi connectivity index (χ3n) is 3.31. The van der Waals surface area contributed by atoms with Gasteiger partial charge in [-0.1, -0.05) is 11.6 Å². The summed E-state index contributed by atoms with van der Waals surface area (Å²) in [4.78, 5) is 27.3. The van der Waals surface area contributed by atoms with Crippen LogP contribution in [0.25, 0.3) is 0 Å². The maximum absolute atomic E-state index is 12.4. The van der Waals surface area contributed by atoms with Crippen molar-refractivity contribution in [2.45, 2.75) is 6.92 Å². The molecule has 6 heteroatoms. The zero-order valence-corrected chi connectivity index (χ0v) is 11.1. The van der Waals surface area contributed by atoms with Gasteiger partial charge >= 0.3 is 0 Å². The third-order valence-corrected chi connectivity index (χ3v) is 3.31. The molecule has 0 atom stereocenters. The molecule has 2 rings (SSSR count). The molecule has 1 aromatic rings. The van der Waals surface area contributed by atoms with Crippen LogP contribution in [0.15, 0.2) is 18.2 Å². The Kier molecular flexibility index (Phi) is 3.71. The number of carbonyl (C=O) groups is 2. The minimum absolute atomic E-state index is 0.0467. The van der Waals surface area contributed by atoms with Gasteiger partial charge in [0.25, 0.3) is 5.91 Å². The Labute approximate surface area is 112 Å². The number of benzene rings is 1. The Bertz CT molecular complexity index is 515. The highest BCUT2D eigenvalue weighted by molar-refractivity contribution is 6.01. The molecule has 0 unspecified atom stereocenters. The summed E-state index contributed by atoms with van der Waals surface area (Å²) in [6.45, 7) is 3.13. The van der Waals surface area contributed by atoms with E-state index >= 15 is 0 Å². The summed E-state index contributed by atoms with van der Waals surface area (Å²) in [5.74, 6) is 5.21. The van der Waals surface area contributed by atoms with E-state index in [-0.39, 0.29) is 18.4 Å². The van der Waals surface area contributed by atoms with Gasteiger partial charge in [0.05, 0.1) is 11.3 Å². The van der Waals surface area contributed by atoms with E-state index in [1.165, 1.54) is 0 Å². The van der Waals surface area contributed by atoms with Gasteiger partial charge in [0, 0.05) is 20.1 Å². The Morgan fingerprint density at radius 3 is 2.74 bits per heavy atom. The molecular weight excluding hydrogens is 244 g/mol. The van der Waals surface area contributed by atoms with Gasteiger partial charge in [0.1, 0.15) is 6.54 Å². The zero-order chi connectivity index (χ0) is 14.0. The number of rotatable bonds is 2. The van der Waals surface area contributed by atoms with E-state index in [4.69, 9.17) is 5.84 Å². The normalized spacial score (nSPS) is 15.6. The highest BCUT2D eigenvalue weighted by Crippen LogP contribution is 2.19. The molecule has 0 radical (unpaired) electrons. The predicted molar refractivity (Wildman–Crippen MR) is 72.5 cm³/mol. The van der Waals surface area contributed by atoms with Crippen molar-refractivity contribution < 1.29 is 9.59 Å². The lowest BCUT2D eigenvalue weighted by Crippen LogP contribution is -2.50. The molecule has 0 aliphatic carbocycles. The van der Waals surface area contributed by atoms with Crippen LogP contribution in [-0.4, -0.2) is 48.3 Å². The molecule has 0 aromatic heterocycles. The van der Waals surface area contributed by atoms with E-state index in [1.54, 1.807) is 29.0 Å². The first-order valence-electron chi connectivity index (χ1n) is 6.13. The molecular formula is C13H18N4O2. The number of anilines is 1. The quantitative estimate of drug-likeness (QED) is 0.589. The van der Waals surface area contributed by atoms with Gasteiger partial charge in [-0.2, -0.15) is 0 Å². The summed E-state index contributed by atoms with van der Waals surface area (Å²) in [5, 5.41) is 0. The van der Waals surface area contributed by atoms with E-state index in [2.05, 4.69) is 5.43 Å². The van der Waals surface area contributed by atoms with Gasteiger partial charge in [-0.3, -0.25) is 15.4 Å². The average molecular weight is 262 g/mol. The predicted octanol–water partition coefficient (Wildman–Crippen LogP) is 0.195. The number of amides is 2. The van der Waals surface area contributed by atoms with Gasteiger partial charge < -0.3 is 15.2 Å². The number of nitrogen functional groups attached to an aromatic ring is 1. The standard InChI is InChI=1S/C13H18N4O2/c1-9-3-4-11(15-14)10(7-9)13(19)17-6-5-16(2)12(18)8-17/h3-4,7,15H,5-6,8,14H2,1-2H3. The monoisotopic (exact) mass is 262 g/mol. The summed E-state index contributed by atoms with van der Waals surface area (Å²) in [5.41, 5.74) is 4.57. The van der Waals surface area contributed by atoms with Crippen LogP contribution in [0.1, 0.15) is 15.9 Å². The van der Waals surface area contributed by atoms with Crippen LogP contribution in [0.2, 0.25) is 0 Å². The van der Waals surface area contributed by atoms with Gasteiger partial charge in [0.2, 0.25) is 5.91 Å². The molecule has 19 heavy (non-hydrogen) atoms. The summed E-state index contributed by atoms with van der Waals surface area (Å²) >= 11 is 0. The summed E-state index contributed by atoms with van der Waals surface area (Å²) in [7, 11) is 1.74. The maximum Gasteiger partial charge on any atom is 0.256 e. The molecule has 6 nitrogen and oxygen atoms in total. The second-order valence-corrected chi connectivity index (χ2v) is 4.74. The molecule has 1 fully saturated rings. The van der Waals surface area contributed by atoms with Crippen molar-refractivity contribution in [3.05, 3.63) is 29.3 Å². The smallest absolute Gasteiger partial charge is 0.256 e. The van der Waals surface area contributed by atoms with E-state index in [0.29, 0.717) is 24.3 Å². The number of nitrogens with zero attached hydrogens (tertiary/aromatic N) is 2. The lowest BCUT2D eigenvalue weighted by molar-refractivity contribution is -0.133. The minimum atomic E-state index is -0.168. The Morgan fingerprint density at radius 1 is 1.37 bits per heavy atom. The Morgan fingerprint density at radius 2 is 2.11 bits per heavy atom. The Hall–Kier alpha value is -2.08. The first-order valence-corrected chi connectivity index (χ1v) is 6.13. The van der Waals surface area contributed by atoms with Crippen LogP contribution < -0.4 is 11.3 Å². The topological polar surface area (TPSA) is 78.7 Å². The largest absolute Gasteiger partial charge is 0.342 e. The maximum atomic E-state index is 12.4. The number of hydrogen-bond acceptors (Lipinski definition) is 4. The second-order valence-electron chi connectivity index (χ2n) is 4.74. The lowest BCUT2D eigenvalue weighted by Gasteiger charge is -2.32. The van der Waals surface area contributed by atoms with Crippen molar-refractivity contribution in [1.82, 2.24) is 9.80 Å². The molecule has 1 aliphatic rings. The van der Waals surface area contributed by atoms with Crippen LogP contribution >= 0.6 is 0 Å². The molecule has 1 heterocycles. The molecule has 0 saturated carbocycles. The molecule has 1 saturated heterocycles. The van der Waals surface area contributed by atoms with Crippen LogP contribution in [0, 0.1) is 6.92 Å². The van der Waals surface area contributed by atoms with Gasteiger partial charge in [-0.25, -0.2) is 0 Å². The average Bonchev–Trinajstić information content (AvgIpc) is 2.41. The number of likely N-dealkylation sites (N-methyl/N-ethyl adjacent to an activating group) is 1. The van der Waals surface area contributed by atoms with Crippen molar-refractivity contribution in [1.29, 1.82) is 0 Å². The summed E-state index contributed by atoms with van der Waals surface area (Å²) < 4.78 is 0. The van der Waals surface area contributed by atoms with Gasteiger partial charge in [-0.15, -0.1) is 0 Å². The van der Waals surface area contributed by atoms with Gasteiger partial charge in [-0.05, 0) is 19.1 Å². The van der Waals surface area contributed by atoms with E-state index in [0.717, 1.165) is 5.56 Å². The van der Waals surface area contributed by atoms with Crippen LogP contribution in [-0.2, 0) is 4.79 Å². The van der Waals surface area contributed by atoms with Crippen LogP contribution in [0.5, 0.6) is 0 Å². The molecule has 3 N–H and O–H groups in total. The molecule has 2 amide bonds.